The molecule has 2 aliphatic rings. The van der Waals surface area contributed by atoms with Gasteiger partial charge < -0.3 is 20.3 Å². The fourth-order valence-corrected chi connectivity index (χ4v) is 4.49. The monoisotopic (exact) mass is 347 g/mol. The second kappa shape index (κ2) is 7.60. The number of H-pyrrole nitrogens is 1. The van der Waals surface area contributed by atoms with E-state index < -0.39 is 5.97 Å². The number of carbonyl (C=O) groups excluding carboxylic acids is 1. The lowest BCUT2D eigenvalue weighted by Crippen LogP contribution is -2.44. The number of piperidine rings is 1. The van der Waals surface area contributed by atoms with Crippen LogP contribution in [0.15, 0.2) is 0 Å². The Bertz CT molecular complexity index is 647. The Labute approximate surface area is 149 Å². The van der Waals surface area contributed by atoms with Crippen LogP contribution in [0.3, 0.4) is 0 Å². The van der Waals surface area contributed by atoms with Crippen molar-refractivity contribution in [3.63, 3.8) is 0 Å². The highest BCUT2D eigenvalue weighted by molar-refractivity contribution is 6.00. The number of rotatable bonds is 5. The Morgan fingerprint density at radius 2 is 1.92 bits per heavy atom. The van der Waals surface area contributed by atoms with Gasteiger partial charge in [0.1, 0.15) is 5.69 Å². The number of hydrogen-bond acceptors (Lipinski definition) is 3. The number of carboxylic acids is 1. The zero-order chi connectivity index (χ0) is 18.0. The van der Waals surface area contributed by atoms with Gasteiger partial charge in [-0.05, 0) is 57.6 Å². The van der Waals surface area contributed by atoms with E-state index in [0.717, 1.165) is 19.0 Å². The summed E-state index contributed by atoms with van der Waals surface area (Å²) in [5, 5.41) is 12.2. The van der Waals surface area contributed by atoms with Gasteiger partial charge in [0.25, 0.3) is 5.91 Å². The van der Waals surface area contributed by atoms with Crippen LogP contribution in [-0.4, -0.2) is 52.5 Å². The quantitative estimate of drug-likeness (QED) is 0.764. The van der Waals surface area contributed by atoms with Crippen molar-refractivity contribution in [3.05, 3.63) is 22.5 Å². The first-order valence-corrected chi connectivity index (χ1v) is 9.42. The van der Waals surface area contributed by atoms with E-state index in [4.69, 9.17) is 0 Å². The molecular formula is C19H29N3O3. The average molecular weight is 347 g/mol. The summed E-state index contributed by atoms with van der Waals surface area (Å²) in [5.41, 5.74) is 1.70. The molecule has 3 rings (SSSR count). The smallest absolute Gasteiger partial charge is 0.352 e. The maximum atomic E-state index is 12.6. The molecule has 25 heavy (non-hydrogen) atoms. The van der Waals surface area contributed by atoms with Gasteiger partial charge in [0.15, 0.2) is 0 Å². The van der Waals surface area contributed by atoms with Crippen LogP contribution in [0.1, 0.15) is 70.6 Å². The molecule has 0 radical (unpaired) electrons. The predicted octanol–water partition coefficient (Wildman–Crippen LogP) is 2.71. The van der Waals surface area contributed by atoms with E-state index in [-0.39, 0.29) is 11.6 Å². The first-order chi connectivity index (χ1) is 12.0. The Morgan fingerprint density at radius 1 is 1.20 bits per heavy atom. The lowest BCUT2D eigenvalue weighted by atomic mass is 9.96. The number of nitrogens with zero attached hydrogens (tertiary/aromatic N) is 1. The summed E-state index contributed by atoms with van der Waals surface area (Å²) in [6.07, 6.45) is 7.68. The number of aromatic carboxylic acids is 1. The highest BCUT2D eigenvalue weighted by atomic mass is 16.4. The van der Waals surface area contributed by atoms with E-state index in [1.807, 2.05) is 0 Å². The SMILES string of the molecule is Cc1[nH]c(C(=O)O)c(C)c1C(=O)NCC1CCCN(C2CCCC2)C1. The maximum Gasteiger partial charge on any atom is 0.352 e. The third-order valence-corrected chi connectivity index (χ3v) is 5.82. The molecule has 1 atom stereocenters. The molecule has 1 aromatic rings. The summed E-state index contributed by atoms with van der Waals surface area (Å²) in [6, 6.07) is 0.741. The van der Waals surface area contributed by atoms with Gasteiger partial charge in [-0.25, -0.2) is 4.79 Å². The van der Waals surface area contributed by atoms with Gasteiger partial charge in [-0.2, -0.15) is 0 Å². The van der Waals surface area contributed by atoms with Crippen LogP contribution in [0.25, 0.3) is 0 Å². The highest BCUT2D eigenvalue weighted by Gasteiger charge is 2.28. The Hall–Kier alpha value is -1.82. The number of nitrogens with one attached hydrogen (secondary N) is 2. The van der Waals surface area contributed by atoms with E-state index in [0.29, 0.717) is 29.3 Å². The van der Waals surface area contributed by atoms with E-state index in [9.17, 15) is 14.7 Å². The van der Waals surface area contributed by atoms with E-state index in [2.05, 4.69) is 15.2 Å². The number of carboxylic acid groups (broad SMARTS) is 1. The second-order valence-corrected chi connectivity index (χ2v) is 7.58. The first kappa shape index (κ1) is 18.0. The van der Waals surface area contributed by atoms with Crippen molar-refractivity contribution in [2.24, 2.45) is 5.92 Å². The predicted molar refractivity (Wildman–Crippen MR) is 96.1 cm³/mol. The van der Waals surface area contributed by atoms with Crippen LogP contribution in [0.2, 0.25) is 0 Å². The molecule has 1 unspecified atom stereocenters. The zero-order valence-electron chi connectivity index (χ0n) is 15.2. The first-order valence-electron chi connectivity index (χ1n) is 9.42. The summed E-state index contributed by atoms with van der Waals surface area (Å²) in [6.45, 7) is 6.35. The van der Waals surface area contributed by atoms with Crippen molar-refractivity contribution in [2.45, 2.75) is 58.4 Å². The fraction of sp³-hybridized carbons (Fsp3) is 0.684. The number of hydrogen-bond donors (Lipinski definition) is 3. The van der Waals surface area contributed by atoms with E-state index in [1.165, 1.54) is 38.6 Å². The van der Waals surface area contributed by atoms with Crippen LogP contribution in [-0.2, 0) is 0 Å². The molecule has 0 aromatic carbocycles. The van der Waals surface area contributed by atoms with Crippen LogP contribution in [0.5, 0.6) is 0 Å². The molecule has 1 aliphatic heterocycles. The largest absolute Gasteiger partial charge is 0.477 e. The Kier molecular flexibility index (Phi) is 5.47. The van der Waals surface area contributed by atoms with Gasteiger partial charge in [0.2, 0.25) is 0 Å². The molecular weight excluding hydrogens is 318 g/mol. The van der Waals surface area contributed by atoms with Crippen LogP contribution >= 0.6 is 0 Å². The number of aromatic amines is 1. The van der Waals surface area contributed by atoms with Crippen molar-refractivity contribution < 1.29 is 14.7 Å². The summed E-state index contributed by atoms with van der Waals surface area (Å²) in [4.78, 5) is 29.2. The summed E-state index contributed by atoms with van der Waals surface area (Å²) in [7, 11) is 0. The lowest BCUT2D eigenvalue weighted by Gasteiger charge is -2.36. The van der Waals surface area contributed by atoms with Gasteiger partial charge in [0.05, 0.1) is 5.56 Å². The highest BCUT2D eigenvalue weighted by Crippen LogP contribution is 2.27. The average Bonchev–Trinajstić information content (AvgIpc) is 3.21. The van der Waals surface area contributed by atoms with Gasteiger partial charge >= 0.3 is 5.97 Å². The molecule has 1 aromatic heterocycles. The topological polar surface area (TPSA) is 85.4 Å². The zero-order valence-corrected chi connectivity index (χ0v) is 15.2. The number of aromatic nitrogens is 1. The molecule has 1 saturated heterocycles. The molecule has 6 heteroatoms. The number of carbonyl (C=O) groups is 2. The fourth-order valence-electron chi connectivity index (χ4n) is 4.49. The number of likely N-dealkylation sites (tertiary alicyclic amines) is 1. The molecule has 2 fully saturated rings. The third kappa shape index (κ3) is 3.89. The summed E-state index contributed by atoms with van der Waals surface area (Å²) in [5.74, 6) is -0.715. The minimum Gasteiger partial charge on any atom is -0.477 e. The Morgan fingerprint density at radius 3 is 2.56 bits per heavy atom. The third-order valence-electron chi connectivity index (χ3n) is 5.82. The van der Waals surface area contributed by atoms with E-state index >= 15 is 0 Å². The number of aryl methyl sites for hydroxylation is 1. The number of amides is 1. The summed E-state index contributed by atoms with van der Waals surface area (Å²) >= 11 is 0. The molecule has 138 valence electrons. The molecule has 2 heterocycles. The lowest BCUT2D eigenvalue weighted by molar-refractivity contribution is 0.0690. The Balaban J connectivity index is 1.58. The molecule has 6 nitrogen and oxygen atoms in total. The van der Waals surface area contributed by atoms with Crippen LogP contribution in [0.4, 0.5) is 0 Å². The minimum absolute atomic E-state index is 0.104. The second-order valence-electron chi connectivity index (χ2n) is 7.58. The van der Waals surface area contributed by atoms with Gasteiger partial charge in [-0.1, -0.05) is 12.8 Å². The van der Waals surface area contributed by atoms with Crippen molar-refractivity contribution in [2.75, 3.05) is 19.6 Å². The van der Waals surface area contributed by atoms with Gasteiger partial charge in [0, 0.05) is 24.8 Å². The maximum absolute atomic E-state index is 12.6. The van der Waals surface area contributed by atoms with Crippen LogP contribution in [0, 0.1) is 19.8 Å². The van der Waals surface area contributed by atoms with Gasteiger partial charge in [-0.3, -0.25) is 4.79 Å². The van der Waals surface area contributed by atoms with E-state index in [1.54, 1.807) is 13.8 Å². The molecule has 1 aliphatic carbocycles. The van der Waals surface area contributed by atoms with Crippen molar-refractivity contribution in [3.8, 4) is 0 Å². The van der Waals surface area contributed by atoms with Crippen LogP contribution < -0.4 is 5.32 Å². The summed E-state index contributed by atoms with van der Waals surface area (Å²) < 4.78 is 0. The molecule has 0 spiro atoms. The standard InChI is InChI=1S/C19H29N3O3/c1-12-16(13(2)21-17(12)19(24)25)18(23)20-10-14-6-5-9-22(11-14)15-7-3-4-8-15/h14-15,21H,3-11H2,1-2H3,(H,20,23)(H,24,25). The molecule has 3 N–H and O–H groups in total. The molecule has 1 amide bonds. The normalized spacial score (nSPS) is 22.2. The minimum atomic E-state index is -1.03. The van der Waals surface area contributed by atoms with Gasteiger partial charge in [-0.15, -0.1) is 0 Å². The van der Waals surface area contributed by atoms with Crippen molar-refractivity contribution in [1.82, 2.24) is 15.2 Å². The van der Waals surface area contributed by atoms with Crippen molar-refractivity contribution in [1.29, 1.82) is 0 Å². The molecule has 1 saturated carbocycles. The van der Waals surface area contributed by atoms with Crippen molar-refractivity contribution >= 4 is 11.9 Å². The molecule has 0 bridgehead atoms.